The van der Waals surface area contributed by atoms with Crippen LogP contribution in [0.5, 0.6) is 0 Å². The van der Waals surface area contributed by atoms with Crippen LogP contribution in [0.1, 0.15) is 11.1 Å². The van der Waals surface area contributed by atoms with Crippen molar-refractivity contribution in [3.05, 3.63) is 71.8 Å². The maximum absolute atomic E-state index is 11.7. The van der Waals surface area contributed by atoms with Gasteiger partial charge in [-0.15, -0.1) is 0 Å². The molecule has 7 heteroatoms. The first-order valence-corrected chi connectivity index (χ1v) is 7.35. The van der Waals surface area contributed by atoms with Crippen molar-refractivity contribution in [3.8, 4) is 0 Å². The first kappa shape index (κ1) is 21.6. The van der Waals surface area contributed by atoms with Crippen molar-refractivity contribution in [2.75, 3.05) is 0 Å². The Morgan fingerprint density at radius 1 is 0.762 bits per heavy atom. The van der Waals surface area contributed by atoms with Crippen molar-refractivity contribution < 1.29 is 18.5 Å². The molecule has 0 aliphatic heterocycles. The van der Waals surface area contributed by atoms with Gasteiger partial charge in [0.1, 0.15) is 0 Å². The van der Waals surface area contributed by atoms with Crippen molar-refractivity contribution >= 4 is 66.9 Å². The third-order valence-corrected chi connectivity index (χ3v) is 3.39. The maximum atomic E-state index is 11.7. The van der Waals surface area contributed by atoms with Crippen LogP contribution in [0.4, 0.5) is 0 Å². The molecular weight excluding hydrogens is 309 g/mol. The van der Waals surface area contributed by atoms with E-state index in [2.05, 4.69) is 0 Å². The summed E-state index contributed by atoms with van der Waals surface area (Å²) in [4.78, 5) is 9.55. The molecule has 0 aromatic heterocycles. The van der Waals surface area contributed by atoms with E-state index in [0.29, 0.717) is 0 Å². The predicted octanol–water partition coefficient (Wildman–Crippen LogP) is 2.22. The monoisotopic (exact) mass is 326 g/mol. The molecule has 0 saturated carbocycles. The second-order valence-electron chi connectivity index (χ2n) is 3.99. The summed E-state index contributed by atoms with van der Waals surface area (Å²) in [6.07, 6.45) is 0. The van der Waals surface area contributed by atoms with E-state index in [0.717, 1.165) is 11.1 Å². The minimum absolute atomic E-state index is 0. The van der Waals surface area contributed by atoms with Gasteiger partial charge in [0.15, 0.2) is 0 Å². The van der Waals surface area contributed by atoms with Crippen molar-refractivity contribution in [1.82, 2.24) is 0 Å². The van der Waals surface area contributed by atoms with Gasteiger partial charge >= 0.3 is 66.9 Å². The summed E-state index contributed by atoms with van der Waals surface area (Å²) >= 11 is 0. The molecule has 0 saturated heterocycles. The molecule has 2 aromatic carbocycles. The number of phosphoric ester groups is 1. The molecule has 0 spiro atoms. The topological polar surface area (TPSA) is 55.8 Å². The Morgan fingerprint density at radius 2 is 1.10 bits per heavy atom. The Labute approximate surface area is 169 Å². The van der Waals surface area contributed by atoms with Crippen molar-refractivity contribution in [3.63, 3.8) is 0 Å². The summed E-state index contributed by atoms with van der Waals surface area (Å²) in [5.41, 5.74) is 1.64. The zero-order valence-electron chi connectivity index (χ0n) is 10.3. The van der Waals surface area contributed by atoms with E-state index in [1.54, 1.807) is 0 Å². The molecule has 0 radical (unpaired) electrons. The van der Waals surface area contributed by atoms with Crippen LogP contribution in [0.2, 0.25) is 0 Å². The van der Waals surface area contributed by atoms with Crippen molar-refractivity contribution in [2.45, 2.75) is 13.2 Å². The molecule has 2 rings (SSSR count). The first-order chi connectivity index (χ1) is 9.16. The van der Waals surface area contributed by atoms with Gasteiger partial charge in [0.2, 0.25) is 0 Å². The molecule has 0 atom stereocenters. The summed E-state index contributed by atoms with van der Waals surface area (Å²) in [5, 5.41) is 0. The van der Waals surface area contributed by atoms with Gasteiger partial charge in [0, 0.05) is 0 Å². The Morgan fingerprint density at radius 3 is 1.43 bits per heavy atom. The Bertz CT molecular complexity index is 504. The van der Waals surface area contributed by atoms with Gasteiger partial charge in [-0.25, -0.2) is 4.57 Å². The standard InChI is InChI=1S/C14H15O4P.2Na.2H/c15-19(16,17-11-13-7-3-1-4-8-13)18-12-14-9-5-2-6-10-14;;;;/h1-10H,11-12H2,(H,15,16);;;;. The zero-order chi connectivity index (χ0) is 13.6. The molecule has 0 aliphatic carbocycles. The van der Waals surface area contributed by atoms with Crippen LogP contribution in [0.3, 0.4) is 0 Å². The van der Waals surface area contributed by atoms with Gasteiger partial charge in [-0.05, 0) is 11.1 Å². The molecule has 21 heavy (non-hydrogen) atoms. The SMILES string of the molecule is O=P(O)(OCc1ccccc1)OCc1ccccc1.[NaH].[NaH]. The van der Waals surface area contributed by atoms with E-state index in [1.165, 1.54) is 0 Å². The molecule has 0 unspecified atom stereocenters. The predicted molar refractivity (Wildman–Crippen MR) is 86.6 cm³/mol. The summed E-state index contributed by atoms with van der Waals surface area (Å²) in [7, 11) is -4.02. The third kappa shape index (κ3) is 8.68. The number of phosphoric acid groups is 1. The summed E-state index contributed by atoms with van der Waals surface area (Å²) < 4.78 is 21.5. The van der Waals surface area contributed by atoms with Gasteiger partial charge in [-0.1, -0.05) is 60.7 Å². The van der Waals surface area contributed by atoms with Crippen molar-refractivity contribution in [2.24, 2.45) is 0 Å². The number of hydrogen-bond donors (Lipinski definition) is 1. The van der Waals surface area contributed by atoms with Crippen LogP contribution >= 0.6 is 7.82 Å². The Hall–Kier alpha value is 0.550. The summed E-state index contributed by atoms with van der Waals surface area (Å²) in [6.45, 7) is 0.0901. The second-order valence-corrected chi connectivity index (χ2v) is 5.44. The number of benzene rings is 2. The Balaban J connectivity index is 0.00000200. The molecule has 1 N–H and O–H groups in total. The molecular formula is C14H17Na2O4P. The third-order valence-electron chi connectivity index (χ3n) is 2.47. The molecule has 0 heterocycles. The fourth-order valence-electron chi connectivity index (χ4n) is 1.50. The molecule has 104 valence electrons. The van der Waals surface area contributed by atoms with Gasteiger partial charge in [0.25, 0.3) is 0 Å². The van der Waals surface area contributed by atoms with Gasteiger partial charge in [0.05, 0.1) is 13.2 Å². The molecule has 0 aliphatic rings. The summed E-state index contributed by atoms with van der Waals surface area (Å²) in [5.74, 6) is 0. The summed E-state index contributed by atoms with van der Waals surface area (Å²) in [6, 6.07) is 18.4. The van der Waals surface area contributed by atoms with E-state index in [9.17, 15) is 9.46 Å². The molecule has 0 amide bonds. The van der Waals surface area contributed by atoms with Crippen LogP contribution < -0.4 is 0 Å². The zero-order valence-corrected chi connectivity index (χ0v) is 11.2. The van der Waals surface area contributed by atoms with Gasteiger partial charge in [-0.2, -0.15) is 0 Å². The van der Waals surface area contributed by atoms with Gasteiger partial charge in [-0.3, -0.25) is 9.05 Å². The molecule has 4 nitrogen and oxygen atoms in total. The molecule has 0 fully saturated rings. The van der Waals surface area contributed by atoms with Crippen LogP contribution in [0.15, 0.2) is 60.7 Å². The van der Waals surface area contributed by atoms with Crippen molar-refractivity contribution in [1.29, 1.82) is 0 Å². The van der Waals surface area contributed by atoms with E-state index >= 15 is 0 Å². The van der Waals surface area contributed by atoms with E-state index < -0.39 is 7.82 Å². The van der Waals surface area contributed by atoms with Crippen LogP contribution in [0.25, 0.3) is 0 Å². The minimum atomic E-state index is -4.02. The quantitative estimate of drug-likeness (QED) is 0.653. The number of rotatable bonds is 6. The normalized spacial score (nSPS) is 10.3. The van der Waals surface area contributed by atoms with Crippen LogP contribution in [-0.2, 0) is 26.8 Å². The van der Waals surface area contributed by atoms with Crippen LogP contribution in [0, 0.1) is 0 Å². The number of hydrogen-bond acceptors (Lipinski definition) is 3. The second kappa shape index (κ2) is 11.1. The fourth-order valence-corrected chi connectivity index (χ4v) is 2.20. The van der Waals surface area contributed by atoms with Crippen LogP contribution in [-0.4, -0.2) is 64.0 Å². The van der Waals surface area contributed by atoms with E-state index in [-0.39, 0.29) is 72.3 Å². The van der Waals surface area contributed by atoms with E-state index in [4.69, 9.17) is 9.05 Å². The Kier molecular flexibility index (Phi) is 11.4. The average Bonchev–Trinajstić information content (AvgIpc) is 2.46. The average molecular weight is 326 g/mol. The first-order valence-electron chi connectivity index (χ1n) is 5.85. The molecule has 0 bridgehead atoms. The van der Waals surface area contributed by atoms with Gasteiger partial charge < -0.3 is 4.89 Å². The van der Waals surface area contributed by atoms with E-state index in [1.807, 2.05) is 60.7 Å². The molecule has 2 aromatic rings. The fraction of sp³-hybridized carbons (Fsp3) is 0.143.